The molecule has 0 aliphatic rings. The zero-order chi connectivity index (χ0) is 20.3. The summed E-state index contributed by atoms with van der Waals surface area (Å²) >= 11 is 1.47. The standard InChI is InChI=1S/C22H19N3O2S2/c1-16-21(28-22(25-16)19-8-5-13-23-14-19)15-24-29(26,27)20-11-9-18(10-12-20)17-6-3-2-4-7-17/h2-14,24H,15H2,1H3. The summed E-state index contributed by atoms with van der Waals surface area (Å²) in [6.45, 7) is 2.08. The lowest BCUT2D eigenvalue weighted by molar-refractivity contribution is 0.581. The normalized spacial score (nSPS) is 11.5. The lowest BCUT2D eigenvalue weighted by Gasteiger charge is -2.07. The monoisotopic (exact) mass is 421 g/mol. The first kappa shape index (κ1) is 19.4. The van der Waals surface area contributed by atoms with Crippen molar-refractivity contribution in [1.29, 1.82) is 0 Å². The maximum atomic E-state index is 12.7. The van der Waals surface area contributed by atoms with E-state index in [0.717, 1.165) is 32.3 Å². The van der Waals surface area contributed by atoms with E-state index in [-0.39, 0.29) is 11.4 Å². The van der Waals surface area contributed by atoms with E-state index < -0.39 is 10.0 Å². The average molecular weight is 422 g/mol. The number of rotatable bonds is 6. The number of pyridine rings is 1. The first-order valence-electron chi connectivity index (χ1n) is 9.05. The molecule has 1 N–H and O–H groups in total. The van der Waals surface area contributed by atoms with Gasteiger partial charge in [0, 0.05) is 29.4 Å². The van der Waals surface area contributed by atoms with Gasteiger partial charge in [0.15, 0.2) is 0 Å². The third kappa shape index (κ3) is 4.42. The van der Waals surface area contributed by atoms with E-state index >= 15 is 0 Å². The molecule has 0 saturated carbocycles. The smallest absolute Gasteiger partial charge is 0.240 e. The zero-order valence-electron chi connectivity index (χ0n) is 15.7. The van der Waals surface area contributed by atoms with Crippen LogP contribution in [0.25, 0.3) is 21.7 Å². The zero-order valence-corrected chi connectivity index (χ0v) is 17.4. The molecule has 0 unspecified atom stereocenters. The van der Waals surface area contributed by atoms with Gasteiger partial charge in [-0.3, -0.25) is 4.98 Å². The molecule has 146 valence electrons. The summed E-state index contributed by atoms with van der Waals surface area (Å²) < 4.78 is 28.1. The van der Waals surface area contributed by atoms with Crippen LogP contribution >= 0.6 is 11.3 Å². The van der Waals surface area contributed by atoms with Crippen LogP contribution in [0.3, 0.4) is 0 Å². The second-order valence-electron chi connectivity index (χ2n) is 6.48. The van der Waals surface area contributed by atoms with Crippen molar-refractivity contribution < 1.29 is 8.42 Å². The Morgan fingerprint density at radius 2 is 1.59 bits per heavy atom. The summed E-state index contributed by atoms with van der Waals surface area (Å²) in [5.41, 5.74) is 3.76. The molecule has 0 atom stereocenters. The van der Waals surface area contributed by atoms with E-state index in [4.69, 9.17) is 0 Å². The summed E-state index contributed by atoms with van der Waals surface area (Å²) in [5, 5.41) is 0.831. The second kappa shape index (κ2) is 8.24. The summed E-state index contributed by atoms with van der Waals surface area (Å²) in [7, 11) is -3.61. The van der Waals surface area contributed by atoms with Crippen molar-refractivity contribution in [2.24, 2.45) is 0 Å². The number of nitrogens with one attached hydrogen (secondary N) is 1. The Bertz CT molecular complexity index is 1200. The molecule has 0 aliphatic heterocycles. The Kier molecular flexibility index (Phi) is 5.53. The fraction of sp³-hybridized carbons (Fsp3) is 0.0909. The van der Waals surface area contributed by atoms with Crippen LogP contribution in [0.1, 0.15) is 10.6 Å². The fourth-order valence-electron chi connectivity index (χ4n) is 2.91. The van der Waals surface area contributed by atoms with E-state index in [0.29, 0.717) is 0 Å². The summed E-state index contributed by atoms with van der Waals surface area (Å²) in [6.07, 6.45) is 3.46. The first-order chi connectivity index (χ1) is 14.0. The maximum Gasteiger partial charge on any atom is 0.240 e. The Labute approximate surface area is 174 Å². The van der Waals surface area contributed by atoms with Crippen LogP contribution in [0.15, 0.2) is 84.0 Å². The van der Waals surface area contributed by atoms with Gasteiger partial charge in [0.25, 0.3) is 0 Å². The Morgan fingerprint density at radius 1 is 0.897 bits per heavy atom. The quantitative estimate of drug-likeness (QED) is 0.491. The minimum absolute atomic E-state index is 0.201. The number of thiazole rings is 1. The van der Waals surface area contributed by atoms with Gasteiger partial charge in [-0.1, -0.05) is 42.5 Å². The molecule has 4 aromatic rings. The molecule has 7 heteroatoms. The van der Waals surface area contributed by atoms with Crippen LogP contribution in [0.4, 0.5) is 0 Å². The van der Waals surface area contributed by atoms with Crippen molar-refractivity contribution in [3.05, 3.63) is 89.7 Å². The van der Waals surface area contributed by atoms with Crippen molar-refractivity contribution in [2.45, 2.75) is 18.4 Å². The number of hydrogen-bond donors (Lipinski definition) is 1. The third-order valence-electron chi connectivity index (χ3n) is 4.50. The number of aryl methyl sites for hydroxylation is 1. The number of benzene rings is 2. The van der Waals surface area contributed by atoms with E-state index in [1.165, 1.54) is 11.3 Å². The highest BCUT2D eigenvalue weighted by molar-refractivity contribution is 7.89. The van der Waals surface area contributed by atoms with Crippen molar-refractivity contribution in [3.8, 4) is 21.7 Å². The molecule has 0 amide bonds. The summed E-state index contributed by atoms with van der Waals surface area (Å²) in [5.74, 6) is 0. The predicted molar refractivity (Wildman–Crippen MR) is 116 cm³/mol. The van der Waals surface area contributed by atoms with Gasteiger partial charge in [-0.25, -0.2) is 18.1 Å². The summed E-state index contributed by atoms with van der Waals surface area (Å²) in [4.78, 5) is 9.78. The molecule has 0 saturated heterocycles. The van der Waals surface area contributed by atoms with Crippen LogP contribution < -0.4 is 4.72 Å². The van der Waals surface area contributed by atoms with Crippen LogP contribution in [0.5, 0.6) is 0 Å². The highest BCUT2D eigenvalue weighted by atomic mass is 32.2. The Hall–Kier alpha value is -2.87. The van der Waals surface area contributed by atoms with Gasteiger partial charge in [-0.2, -0.15) is 0 Å². The molecule has 4 rings (SSSR count). The predicted octanol–water partition coefficient (Wildman–Crippen LogP) is 4.66. The molecule has 29 heavy (non-hydrogen) atoms. The molecule has 2 aromatic carbocycles. The van der Waals surface area contributed by atoms with Gasteiger partial charge in [0.05, 0.1) is 10.6 Å². The van der Waals surface area contributed by atoms with E-state index in [9.17, 15) is 8.42 Å². The van der Waals surface area contributed by atoms with Crippen LogP contribution in [0, 0.1) is 6.92 Å². The largest absolute Gasteiger partial charge is 0.264 e. The van der Waals surface area contributed by atoms with Crippen molar-refractivity contribution in [1.82, 2.24) is 14.7 Å². The topological polar surface area (TPSA) is 72.0 Å². The molecule has 0 bridgehead atoms. The number of sulfonamides is 1. The first-order valence-corrected chi connectivity index (χ1v) is 11.3. The minimum atomic E-state index is -3.61. The van der Waals surface area contributed by atoms with Crippen molar-refractivity contribution in [2.75, 3.05) is 0 Å². The Balaban J connectivity index is 1.49. The number of hydrogen-bond acceptors (Lipinski definition) is 5. The molecule has 0 radical (unpaired) electrons. The van der Waals surface area contributed by atoms with Crippen molar-refractivity contribution in [3.63, 3.8) is 0 Å². The molecular formula is C22H19N3O2S2. The van der Waals surface area contributed by atoms with Crippen LogP contribution in [-0.4, -0.2) is 18.4 Å². The van der Waals surface area contributed by atoms with E-state index in [1.54, 1.807) is 24.5 Å². The molecule has 2 heterocycles. The van der Waals surface area contributed by atoms with Gasteiger partial charge in [-0.05, 0) is 42.3 Å². The van der Waals surface area contributed by atoms with E-state index in [1.807, 2.05) is 61.5 Å². The minimum Gasteiger partial charge on any atom is -0.264 e. The Morgan fingerprint density at radius 3 is 2.28 bits per heavy atom. The highest BCUT2D eigenvalue weighted by Crippen LogP contribution is 2.27. The molecule has 0 spiro atoms. The fourth-order valence-corrected chi connectivity index (χ4v) is 4.98. The molecular weight excluding hydrogens is 402 g/mol. The average Bonchev–Trinajstić information content (AvgIpc) is 3.14. The molecule has 5 nitrogen and oxygen atoms in total. The van der Waals surface area contributed by atoms with Crippen LogP contribution in [0.2, 0.25) is 0 Å². The number of aromatic nitrogens is 2. The number of nitrogens with zero attached hydrogens (tertiary/aromatic N) is 2. The SMILES string of the molecule is Cc1nc(-c2cccnc2)sc1CNS(=O)(=O)c1ccc(-c2ccccc2)cc1. The molecule has 0 aliphatic carbocycles. The third-order valence-corrected chi connectivity index (χ3v) is 7.12. The summed E-state index contributed by atoms with van der Waals surface area (Å²) in [6, 6.07) is 20.6. The van der Waals surface area contributed by atoms with Gasteiger partial charge in [0.2, 0.25) is 10.0 Å². The van der Waals surface area contributed by atoms with E-state index in [2.05, 4.69) is 14.7 Å². The van der Waals surface area contributed by atoms with Gasteiger partial charge >= 0.3 is 0 Å². The lowest BCUT2D eigenvalue weighted by atomic mass is 10.1. The maximum absolute atomic E-state index is 12.7. The van der Waals surface area contributed by atoms with Gasteiger partial charge in [0.1, 0.15) is 5.01 Å². The van der Waals surface area contributed by atoms with Gasteiger partial charge < -0.3 is 0 Å². The molecule has 0 fully saturated rings. The van der Waals surface area contributed by atoms with Gasteiger partial charge in [-0.15, -0.1) is 11.3 Å². The highest BCUT2D eigenvalue weighted by Gasteiger charge is 2.16. The second-order valence-corrected chi connectivity index (χ2v) is 9.33. The molecule has 2 aromatic heterocycles. The lowest BCUT2D eigenvalue weighted by Crippen LogP contribution is -2.23. The van der Waals surface area contributed by atoms with Crippen molar-refractivity contribution >= 4 is 21.4 Å². The van der Waals surface area contributed by atoms with Crippen LogP contribution in [-0.2, 0) is 16.6 Å².